The van der Waals surface area contributed by atoms with Gasteiger partial charge in [0.25, 0.3) is 0 Å². The Morgan fingerprint density at radius 1 is 1.25 bits per heavy atom. The van der Waals surface area contributed by atoms with E-state index in [2.05, 4.69) is 0 Å². The molecular weight excluding hydrogens is 146 g/mol. The predicted molar refractivity (Wildman–Crippen MR) is 33.9 cm³/mol. The van der Waals surface area contributed by atoms with Crippen molar-refractivity contribution in [3.05, 3.63) is 0 Å². The third-order valence-corrected chi connectivity index (χ3v) is 5.04. The van der Waals surface area contributed by atoms with Crippen molar-refractivity contribution in [3.63, 3.8) is 0 Å². The molecule has 0 bridgehead atoms. The average molecular weight is 157 g/mol. The molecule has 8 heavy (non-hydrogen) atoms. The quantitative estimate of drug-likeness (QED) is 0.540. The van der Waals surface area contributed by atoms with Crippen LogP contribution < -0.4 is 9.79 Å². The van der Waals surface area contributed by atoms with Crippen LogP contribution in [0.2, 0.25) is 0 Å². The first kappa shape index (κ1) is 8.64. The molecular formula is C4H10ClO2P-2. The molecule has 0 aliphatic rings. The van der Waals surface area contributed by atoms with Crippen LogP contribution in [0.5, 0.6) is 0 Å². The van der Waals surface area contributed by atoms with Crippen LogP contribution in [0.15, 0.2) is 0 Å². The van der Waals surface area contributed by atoms with E-state index in [-0.39, 0.29) is 12.3 Å². The topological polar surface area (TPSA) is 46.1 Å². The summed E-state index contributed by atoms with van der Waals surface area (Å²) in [4.78, 5) is 21.5. The normalized spacial score (nSPS) is 17.4. The first-order valence-electron chi connectivity index (χ1n) is 2.58. The molecule has 0 aliphatic heterocycles. The second-order valence-corrected chi connectivity index (χ2v) is 7.73. The molecule has 0 spiro atoms. The molecule has 0 unspecified atom stereocenters. The van der Waals surface area contributed by atoms with Gasteiger partial charge in [0, 0.05) is 0 Å². The van der Waals surface area contributed by atoms with Crippen molar-refractivity contribution in [2.75, 3.05) is 12.3 Å². The maximum absolute atomic E-state index is 10.8. The Bertz CT molecular complexity index is 77.8. The van der Waals surface area contributed by atoms with E-state index in [0.29, 0.717) is 0 Å². The first-order chi connectivity index (χ1) is 3.39. The molecule has 0 atom stereocenters. The van der Waals surface area contributed by atoms with Gasteiger partial charge in [0.2, 0.25) is 0 Å². The Balaban J connectivity index is 3.99. The number of rotatable bonds is 2. The molecule has 0 aromatic heterocycles. The van der Waals surface area contributed by atoms with Crippen molar-refractivity contribution in [1.82, 2.24) is 0 Å². The zero-order chi connectivity index (χ0) is 6.86. The molecule has 0 heterocycles. The van der Waals surface area contributed by atoms with Crippen LogP contribution >= 0.6 is 17.7 Å². The third-order valence-electron chi connectivity index (χ3n) is 1.20. The van der Waals surface area contributed by atoms with Gasteiger partial charge < -0.3 is 0 Å². The van der Waals surface area contributed by atoms with Gasteiger partial charge in [-0.3, -0.25) is 0 Å². The molecule has 0 saturated carbocycles. The van der Waals surface area contributed by atoms with E-state index < -0.39 is 6.41 Å². The Morgan fingerprint density at radius 2 is 1.50 bits per heavy atom. The number of halogens is 1. The summed E-state index contributed by atoms with van der Waals surface area (Å²) in [6.45, 7) is 3.10. The first-order valence-corrected chi connectivity index (χ1v) is 5.93. The van der Waals surface area contributed by atoms with E-state index in [1.807, 2.05) is 0 Å². The van der Waals surface area contributed by atoms with Crippen LogP contribution in [0.3, 0.4) is 0 Å². The van der Waals surface area contributed by atoms with Gasteiger partial charge in [0.15, 0.2) is 0 Å². The zero-order valence-electron chi connectivity index (χ0n) is 5.06. The van der Waals surface area contributed by atoms with Crippen molar-refractivity contribution < 1.29 is 9.79 Å². The van der Waals surface area contributed by atoms with E-state index >= 15 is 0 Å². The summed E-state index contributed by atoms with van der Waals surface area (Å²) in [6, 6.07) is 0. The van der Waals surface area contributed by atoms with Gasteiger partial charge in [0.05, 0.1) is 0 Å². The van der Waals surface area contributed by atoms with Crippen LogP contribution in [-0.2, 0) is 0 Å². The molecule has 0 rings (SSSR count). The van der Waals surface area contributed by atoms with Crippen LogP contribution in [0.4, 0.5) is 0 Å². The minimum absolute atomic E-state index is 0.0453. The van der Waals surface area contributed by atoms with E-state index in [9.17, 15) is 9.79 Å². The SMILES string of the molecule is CCP([O-])([O-])(Cl)CC. The summed E-state index contributed by atoms with van der Waals surface area (Å²) in [6.07, 6.45) is -4.04. The Labute approximate surface area is 54.4 Å². The van der Waals surface area contributed by atoms with E-state index in [1.165, 1.54) is 0 Å². The Hall–Kier alpha value is 0.640. The molecule has 0 amide bonds. The van der Waals surface area contributed by atoms with Crippen LogP contribution in [0.25, 0.3) is 0 Å². The van der Waals surface area contributed by atoms with Crippen molar-refractivity contribution >= 4 is 17.7 Å². The molecule has 0 N–H and O–H groups in total. The summed E-state index contributed by atoms with van der Waals surface area (Å²) < 4.78 is 0. The van der Waals surface area contributed by atoms with Gasteiger partial charge in [0.1, 0.15) is 0 Å². The number of hydrogen-bond donors (Lipinski definition) is 0. The molecule has 0 aromatic rings. The second kappa shape index (κ2) is 2.11. The molecule has 0 aromatic carbocycles. The molecule has 0 saturated heterocycles. The average Bonchev–Trinajstić information content (AvgIpc) is 1.68. The second-order valence-electron chi connectivity index (χ2n) is 1.82. The van der Waals surface area contributed by atoms with Crippen LogP contribution in [0, 0.1) is 0 Å². The van der Waals surface area contributed by atoms with E-state index in [1.54, 1.807) is 13.8 Å². The molecule has 4 heteroatoms. The number of hydrogen-bond acceptors (Lipinski definition) is 2. The summed E-state index contributed by atoms with van der Waals surface area (Å²) in [7, 11) is 0. The molecule has 0 fully saturated rings. The fraction of sp³-hybridized carbons (Fsp3) is 1.00. The summed E-state index contributed by atoms with van der Waals surface area (Å²) in [5.74, 6) is 0. The van der Waals surface area contributed by atoms with E-state index in [0.717, 1.165) is 0 Å². The standard InChI is InChI=1S/C4H10ClO2P/c1-3-8(5,6,7)4-2/h3-4H2,1-2H3/q-2. The summed E-state index contributed by atoms with van der Waals surface area (Å²) >= 11 is 5.18. The van der Waals surface area contributed by atoms with Crippen LogP contribution in [-0.4, -0.2) is 12.3 Å². The molecule has 0 aliphatic carbocycles. The molecule has 2 nitrogen and oxygen atoms in total. The van der Waals surface area contributed by atoms with Crippen molar-refractivity contribution in [3.8, 4) is 0 Å². The third kappa shape index (κ3) is 2.83. The zero-order valence-corrected chi connectivity index (χ0v) is 6.71. The van der Waals surface area contributed by atoms with Gasteiger partial charge in [-0.05, 0) is 0 Å². The minimum atomic E-state index is -4.13. The fourth-order valence-electron chi connectivity index (χ4n) is 0.224. The Kier molecular flexibility index (Phi) is 2.28. The molecule has 52 valence electrons. The molecule has 0 radical (unpaired) electrons. The summed E-state index contributed by atoms with van der Waals surface area (Å²) in [5.41, 5.74) is 0. The van der Waals surface area contributed by atoms with Crippen molar-refractivity contribution in [2.24, 2.45) is 0 Å². The monoisotopic (exact) mass is 156 g/mol. The van der Waals surface area contributed by atoms with Gasteiger partial charge in [-0.1, -0.05) is 0 Å². The summed E-state index contributed by atoms with van der Waals surface area (Å²) in [5, 5.41) is 0. The van der Waals surface area contributed by atoms with Gasteiger partial charge in [-0.15, -0.1) is 0 Å². The maximum atomic E-state index is 10.8. The predicted octanol–water partition coefficient (Wildman–Crippen LogP) is 0.284. The van der Waals surface area contributed by atoms with Crippen LogP contribution in [0.1, 0.15) is 13.8 Å². The fourth-order valence-corrected chi connectivity index (χ4v) is 0.671. The Morgan fingerprint density at radius 3 is 1.50 bits per heavy atom. The van der Waals surface area contributed by atoms with Gasteiger partial charge in [-0.25, -0.2) is 0 Å². The van der Waals surface area contributed by atoms with Gasteiger partial charge >= 0.3 is 53.6 Å². The van der Waals surface area contributed by atoms with Crippen molar-refractivity contribution in [2.45, 2.75) is 13.8 Å². The van der Waals surface area contributed by atoms with E-state index in [4.69, 9.17) is 11.2 Å². The van der Waals surface area contributed by atoms with Crippen molar-refractivity contribution in [1.29, 1.82) is 0 Å². The van der Waals surface area contributed by atoms with Gasteiger partial charge in [-0.2, -0.15) is 0 Å².